The Balaban J connectivity index is 1.46. The van der Waals surface area contributed by atoms with Gasteiger partial charge in [-0.15, -0.1) is 13.2 Å². The van der Waals surface area contributed by atoms with Crippen LogP contribution in [-0.2, 0) is 6.42 Å². The fraction of sp³-hybridized carbons (Fsp3) is 0.208. The van der Waals surface area contributed by atoms with Gasteiger partial charge >= 0.3 is 12.4 Å². The van der Waals surface area contributed by atoms with Gasteiger partial charge in [0.25, 0.3) is 0 Å². The molecular formula is C24H19F5N6O2. The van der Waals surface area contributed by atoms with Gasteiger partial charge in [-0.1, -0.05) is 0 Å². The Kier molecular flexibility index (Phi) is 5.65. The number of nitrogens with zero attached hydrogens (tertiary/aromatic N) is 4. The van der Waals surface area contributed by atoms with Crippen molar-refractivity contribution < 1.29 is 31.5 Å². The number of hydrogen-bond donors (Lipinski definition) is 2. The summed E-state index contributed by atoms with van der Waals surface area (Å²) in [6.07, 6.45) is -3.25. The molecule has 5 rings (SSSR count). The Bertz CT molecular complexity index is 1570. The average molecular weight is 518 g/mol. The van der Waals surface area contributed by atoms with Crippen LogP contribution in [0.3, 0.4) is 0 Å². The lowest BCUT2D eigenvalue weighted by molar-refractivity contribution is -0.274. The predicted molar refractivity (Wildman–Crippen MR) is 125 cm³/mol. The quantitative estimate of drug-likeness (QED) is 0.356. The van der Waals surface area contributed by atoms with E-state index >= 15 is 4.39 Å². The molecule has 0 bridgehead atoms. The number of hydrogen-bond acceptors (Lipinski definition) is 5. The number of rotatable bonds is 3. The first-order valence-electron chi connectivity index (χ1n) is 11.0. The second kappa shape index (κ2) is 8.61. The van der Waals surface area contributed by atoms with Gasteiger partial charge < -0.3 is 15.8 Å². The molecule has 0 saturated heterocycles. The molecule has 8 nitrogen and oxygen atoms in total. The van der Waals surface area contributed by atoms with E-state index in [1.54, 1.807) is 17.5 Å². The first kappa shape index (κ1) is 24.3. The van der Waals surface area contributed by atoms with Crippen LogP contribution in [0.15, 0.2) is 36.5 Å². The van der Waals surface area contributed by atoms with E-state index < -0.39 is 35.5 Å². The molecule has 0 unspecified atom stereocenters. The summed E-state index contributed by atoms with van der Waals surface area (Å²) in [6, 6.07) is 4.38. The van der Waals surface area contributed by atoms with Crippen molar-refractivity contribution >= 4 is 28.7 Å². The van der Waals surface area contributed by atoms with Crippen molar-refractivity contribution in [1.29, 1.82) is 0 Å². The molecule has 0 fully saturated rings. The molecule has 0 spiro atoms. The molecule has 13 heteroatoms. The number of imidazole rings is 1. The van der Waals surface area contributed by atoms with Gasteiger partial charge in [-0.3, -0.25) is 9.30 Å². The molecule has 3 N–H and O–H groups in total. The summed E-state index contributed by atoms with van der Waals surface area (Å²) >= 11 is 0. The third-order valence-corrected chi connectivity index (χ3v) is 6.04. The Morgan fingerprint density at radius 3 is 2.65 bits per heavy atom. The first-order chi connectivity index (χ1) is 17.4. The Morgan fingerprint density at radius 1 is 1.16 bits per heavy atom. The van der Waals surface area contributed by atoms with Crippen molar-refractivity contribution in [2.45, 2.75) is 26.6 Å². The minimum Gasteiger partial charge on any atom is -0.406 e. The van der Waals surface area contributed by atoms with Crippen molar-refractivity contribution in [3.05, 3.63) is 65.2 Å². The number of aromatic nitrogens is 3. The number of benzene rings is 2. The number of halogens is 5. The minimum absolute atomic E-state index is 0.0632. The molecule has 4 aromatic rings. The molecule has 1 aliphatic rings. The number of urea groups is 1. The molecule has 0 aliphatic carbocycles. The first-order valence-corrected chi connectivity index (χ1v) is 11.0. The van der Waals surface area contributed by atoms with Crippen LogP contribution in [0.5, 0.6) is 5.75 Å². The fourth-order valence-corrected chi connectivity index (χ4v) is 4.49. The van der Waals surface area contributed by atoms with E-state index in [1.807, 2.05) is 6.92 Å². The number of anilines is 3. The molecular weight excluding hydrogens is 499 g/mol. The second-order valence-corrected chi connectivity index (χ2v) is 8.42. The molecule has 0 atom stereocenters. The van der Waals surface area contributed by atoms with Crippen LogP contribution in [-0.4, -0.2) is 33.3 Å². The van der Waals surface area contributed by atoms with E-state index in [0.717, 1.165) is 17.8 Å². The van der Waals surface area contributed by atoms with E-state index in [1.165, 1.54) is 17.0 Å². The van der Waals surface area contributed by atoms with E-state index in [-0.39, 0.29) is 35.6 Å². The number of fused-ring (bicyclic) bond motifs is 2. The highest BCUT2D eigenvalue weighted by Gasteiger charge is 2.33. The number of carbonyl (C=O) groups is 1. The summed E-state index contributed by atoms with van der Waals surface area (Å²) < 4.78 is 73.0. The van der Waals surface area contributed by atoms with Crippen LogP contribution in [0.4, 0.5) is 43.9 Å². The summed E-state index contributed by atoms with van der Waals surface area (Å²) in [5.74, 6) is -1.49. The molecule has 1 aliphatic heterocycles. The molecule has 192 valence electrons. The highest BCUT2D eigenvalue weighted by Crippen LogP contribution is 2.38. The second-order valence-electron chi connectivity index (χ2n) is 8.42. The zero-order valence-corrected chi connectivity index (χ0v) is 19.5. The van der Waals surface area contributed by atoms with E-state index in [0.29, 0.717) is 23.1 Å². The van der Waals surface area contributed by atoms with Gasteiger partial charge in [0.1, 0.15) is 40.2 Å². The van der Waals surface area contributed by atoms with Crippen molar-refractivity contribution in [1.82, 2.24) is 14.4 Å². The standard InChI is InChI=1S/C24H19F5N6O2/c1-11-10-31-22(30)21-20(32-12(2)35(11)21)15-4-6-18-14(19(15)26)7-8-34(18)23(36)33-17-9-13(3-5-16(17)25)37-24(27,28)29/h3-6,9-10H,7-8H2,1-2H3,(H2,30,31)(H,33,36). The molecule has 0 saturated carbocycles. The molecule has 2 amide bonds. The van der Waals surface area contributed by atoms with Crippen molar-refractivity contribution in [3.63, 3.8) is 0 Å². The van der Waals surface area contributed by atoms with Gasteiger partial charge in [0, 0.05) is 35.6 Å². The van der Waals surface area contributed by atoms with Crippen LogP contribution in [0.2, 0.25) is 0 Å². The number of nitrogens with one attached hydrogen (secondary N) is 1. The Morgan fingerprint density at radius 2 is 1.92 bits per heavy atom. The third-order valence-electron chi connectivity index (χ3n) is 6.04. The zero-order chi connectivity index (χ0) is 26.6. The van der Waals surface area contributed by atoms with Gasteiger partial charge in [0.15, 0.2) is 0 Å². The number of alkyl halides is 3. The summed E-state index contributed by atoms with van der Waals surface area (Å²) in [5, 5.41) is 2.23. The van der Waals surface area contributed by atoms with E-state index in [4.69, 9.17) is 5.73 Å². The summed E-state index contributed by atoms with van der Waals surface area (Å²) in [7, 11) is 0. The zero-order valence-electron chi connectivity index (χ0n) is 19.5. The summed E-state index contributed by atoms with van der Waals surface area (Å²) in [6.45, 7) is 3.64. The van der Waals surface area contributed by atoms with Crippen LogP contribution in [0.1, 0.15) is 17.1 Å². The third kappa shape index (κ3) is 4.26. The molecule has 37 heavy (non-hydrogen) atoms. The SMILES string of the molecule is Cc1cnc(N)c2c(-c3ccc4c(c3F)CCN4C(=O)Nc3cc(OC(F)(F)F)ccc3F)nc(C)n12. The molecule has 2 aromatic carbocycles. The number of ether oxygens (including phenoxy) is 1. The lowest BCUT2D eigenvalue weighted by Gasteiger charge is -2.19. The largest absolute Gasteiger partial charge is 0.573 e. The highest BCUT2D eigenvalue weighted by molar-refractivity contribution is 6.03. The van der Waals surface area contributed by atoms with Gasteiger partial charge in [0.2, 0.25) is 0 Å². The van der Waals surface area contributed by atoms with E-state index in [2.05, 4.69) is 20.0 Å². The lowest BCUT2D eigenvalue weighted by atomic mass is 10.0. The maximum absolute atomic E-state index is 15.7. The van der Waals surface area contributed by atoms with Gasteiger partial charge in [-0.25, -0.2) is 23.5 Å². The topological polar surface area (TPSA) is 97.8 Å². The van der Waals surface area contributed by atoms with Crippen LogP contribution < -0.4 is 20.7 Å². The summed E-state index contributed by atoms with van der Waals surface area (Å²) in [4.78, 5) is 22.7. The van der Waals surface area contributed by atoms with Gasteiger partial charge in [-0.2, -0.15) is 0 Å². The average Bonchev–Trinajstić information content (AvgIpc) is 3.40. The molecule has 3 heterocycles. The van der Waals surface area contributed by atoms with Crippen LogP contribution in [0.25, 0.3) is 16.8 Å². The maximum atomic E-state index is 15.7. The van der Waals surface area contributed by atoms with E-state index in [9.17, 15) is 22.4 Å². The van der Waals surface area contributed by atoms with Gasteiger partial charge in [-0.05, 0) is 44.5 Å². The Labute approximate surface area is 206 Å². The Hall–Kier alpha value is -4.42. The van der Waals surface area contributed by atoms with Crippen molar-refractivity contribution in [2.24, 2.45) is 0 Å². The monoisotopic (exact) mass is 518 g/mol. The normalized spacial score (nSPS) is 13.2. The minimum atomic E-state index is -4.99. The molecule has 0 radical (unpaired) electrons. The summed E-state index contributed by atoms with van der Waals surface area (Å²) in [5.41, 5.74) is 7.73. The number of carbonyl (C=O) groups excluding carboxylic acids is 1. The molecule has 2 aromatic heterocycles. The smallest absolute Gasteiger partial charge is 0.406 e. The maximum Gasteiger partial charge on any atom is 0.573 e. The van der Waals surface area contributed by atoms with Gasteiger partial charge in [0.05, 0.1) is 11.4 Å². The van der Waals surface area contributed by atoms with Crippen molar-refractivity contribution in [2.75, 3.05) is 22.5 Å². The number of amides is 2. The number of nitrogens with two attached hydrogens (primary N) is 1. The number of nitrogen functional groups attached to an aromatic ring is 1. The van der Waals surface area contributed by atoms with Crippen molar-refractivity contribution in [3.8, 4) is 17.0 Å². The number of aryl methyl sites for hydroxylation is 2. The fourth-order valence-electron chi connectivity index (χ4n) is 4.49. The lowest BCUT2D eigenvalue weighted by Crippen LogP contribution is -2.33. The highest BCUT2D eigenvalue weighted by atomic mass is 19.4. The van der Waals surface area contributed by atoms with Crippen LogP contribution >= 0.6 is 0 Å². The van der Waals surface area contributed by atoms with Crippen LogP contribution in [0, 0.1) is 25.5 Å². The predicted octanol–water partition coefficient (Wildman–Crippen LogP) is 5.37.